The van der Waals surface area contributed by atoms with E-state index in [0.29, 0.717) is 11.3 Å². The van der Waals surface area contributed by atoms with Gasteiger partial charge in [-0.25, -0.2) is 0 Å². The Bertz CT molecular complexity index is 641. The van der Waals surface area contributed by atoms with Crippen molar-refractivity contribution < 1.29 is 4.79 Å². The van der Waals surface area contributed by atoms with Crippen LogP contribution in [0.5, 0.6) is 0 Å². The number of nitriles is 1. The van der Waals surface area contributed by atoms with Crippen LogP contribution in [0.1, 0.15) is 21.6 Å². The van der Waals surface area contributed by atoms with Gasteiger partial charge in [-0.2, -0.15) is 5.26 Å². The van der Waals surface area contributed by atoms with Gasteiger partial charge in [0, 0.05) is 18.9 Å². The highest BCUT2D eigenvalue weighted by atomic mass is 16.2. The molecule has 0 bridgehead atoms. The summed E-state index contributed by atoms with van der Waals surface area (Å²) in [5, 5.41) is 8.75. The van der Waals surface area contributed by atoms with Crippen molar-refractivity contribution in [3.63, 3.8) is 0 Å². The first-order chi connectivity index (χ1) is 9.13. The van der Waals surface area contributed by atoms with Gasteiger partial charge in [0.05, 0.1) is 11.6 Å². The fourth-order valence-electron chi connectivity index (χ4n) is 1.75. The van der Waals surface area contributed by atoms with Crippen LogP contribution in [0.4, 0.5) is 5.69 Å². The topological polar surface area (TPSA) is 57.0 Å². The molecule has 4 heteroatoms. The number of pyridine rings is 1. The monoisotopic (exact) mass is 251 g/mol. The molecule has 0 radical (unpaired) electrons. The Kier molecular flexibility index (Phi) is 3.58. The molecule has 94 valence electrons. The zero-order valence-electron chi connectivity index (χ0n) is 10.8. The zero-order chi connectivity index (χ0) is 13.8. The maximum atomic E-state index is 12.3. The maximum Gasteiger partial charge on any atom is 0.276 e. The molecule has 4 nitrogen and oxygen atoms in total. The van der Waals surface area contributed by atoms with Crippen LogP contribution in [0.2, 0.25) is 0 Å². The Morgan fingerprint density at radius 1 is 1.26 bits per heavy atom. The Balaban J connectivity index is 2.29. The Labute approximate surface area is 111 Å². The summed E-state index contributed by atoms with van der Waals surface area (Å²) in [5.41, 5.74) is 2.58. The molecule has 0 N–H and O–H groups in total. The van der Waals surface area contributed by atoms with E-state index in [4.69, 9.17) is 5.26 Å². The Morgan fingerprint density at radius 2 is 1.95 bits per heavy atom. The first-order valence-electron chi connectivity index (χ1n) is 5.83. The number of amides is 1. The van der Waals surface area contributed by atoms with E-state index in [0.717, 1.165) is 11.3 Å². The standard InChI is InChI=1S/C15H13N3O/c1-11-4-3-9-17-14(11)15(19)18(2)13-7-5-12(10-16)6-8-13/h3-9H,1-2H3. The molecule has 0 saturated heterocycles. The molecular weight excluding hydrogens is 238 g/mol. The van der Waals surface area contributed by atoms with Crippen LogP contribution in [0.15, 0.2) is 42.6 Å². The summed E-state index contributed by atoms with van der Waals surface area (Å²) >= 11 is 0. The van der Waals surface area contributed by atoms with Crippen LogP contribution in [0, 0.1) is 18.3 Å². The van der Waals surface area contributed by atoms with Crippen molar-refractivity contribution in [2.24, 2.45) is 0 Å². The lowest BCUT2D eigenvalue weighted by Crippen LogP contribution is -2.27. The van der Waals surface area contributed by atoms with Gasteiger partial charge < -0.3 is 4.90 Å². The minimum atomic E-state index is -0.164. The molecule has 0 spiro atoms. The first kappa shape index (κ1) is 12.8. The number of benzene rings is 1. The predicted molar refractivity (Wildman–Crippen MR) is 72.9 cm³/mol. The van der Waals surface area contributed by atoms with Crippen LogP contribution in [-0.4, -0.2) is 17.9 Å². The summed E-state index contributed by atoms with van der Waals surface area (Å²) in [5.74, 6) is -0.164. The summed E-state index contributed by atoms with van der Waals surface area (Å²) in [6.07, 6.45) is 1.60. The average Bonchev–Trinajstić information content (AvgIpc) is 2.46. The number of hydrogen-bond donors (Lipinski definition) is 0. The molecular formula is C15H13N3O. The predicted octanol–water partition coefficient (Wildman–Crippen LogP) is 2.54. The minimum absolute atomic E-state index is 0.164. The maximum absolute atomic E-state index is 12.3. The summed E-state index contributed by atoms with van der Waals surface area (Å²) in [6, 6.07) is 12.6. The third-order valence-electron chi connectivity index (χ3n) is 2.90. The minimum Gasteiger partial charge on any atom is -0.310 e. The lowest BCUT2D eigenvalue weighted by Gasteiger charge is -2.17. The summed E-state index contributed by atoms with van der Waals surface area (Å²) < 4.78 is 0. The summed E-state index contributed by atoms with van der Waals surface area (Å²) in [6.45, 7) is 1.85. The summed E-state index contributed by atoms with van der Waals surface area (Å²) in [4.78, 5) is 18.0. The number of anilines is 1. The highest BCUT2D eigenvalue weighted by molar-refractivity contribution is 6.05. The lowest BCUT2D eigenvalue weighted by atomic mass is 10.1. The molecule has 2 aromatic rings. The van der Waals surface area contributed by atoms with E-state index in [1.165, 1.54) is 4.90 Å². The van der Waals surface area contributed by atoms with Crippen LogP contribution in [-0.2, 0) is 0 Å². The molecule has 2 rings (SSSR count). The van der Waals surface area contributed by atoms with Crippen LogP contribution in [0.25, 0.3) is 0 Å². The van der Waals surface area contributed by atoms with E-state index in [2.05, 4.69) is 4.98 Å². The lowest BCUT2D eigenvalue weighted by molar-refractivity contribution is 0.0987. The van der Waals surface area contributed by atoms with Crippen molar-refractivity contribution in [2.45, 2.75) is 6.92 Å². The van der Waals surface area contributed by atoms with Gasteiger partial charge in [-0.15, -0.1) is 0 Å². The normalized spacial score (nSPS) is 9.74. The van der Waals surface area contributed by atoms with Crippen LogP contribution in [0.3, 0.4) is 0 Å². The molecule has 0 fully saturated rings. The number of nitrogens with zero attached hydrogens (tertiary/aromatic N) is 3. The molecule has 0 atom stereocenters. The van der Waals surface area contributed by atoms with Gasteiger partial charge in [0.1, 0.15) is 5.69 Å². The summed E-state index contributed by atoms with van der Waals surface area (Å²) in [7, 11) is 1.69. The van der Waals surface area contributed by atoms with E-state index in [1.807, 2.05) is 19.1 Å². The molecule has 0 unspecified atom stereocenters. The van der Waals surface area contributed by atoms with E-state index in [-0.39, 0.29) is 5.91 Å². The number of aryl methyl sites for hydroxylation is 1. The third kappa shape index (κ3) is 2.61. The molecule has 1 aromatic carbocycles. The van der Waals surface area contributed by atoms with Gasteiger partial charge >= 0.3 is 0 Å². The Morgan fingerprint density at radius 3 is 2.53 bits per heavy atom. The second-order valence-electron chi connectivity index (χ2n) is 4.19. The fraction of sp³-hybridized carbons (Fsp3) is 0.133. The van der Waals surface area contributed by atoms with E-state index in [1.54, 1.807) is 43.6 Å². The average molecular weight is 251 g/mol. The van der Waals surface area contributed by atoms with Crippen LogP contribution < -0.4 is 4.90 Å². The molecule has 19 heavy (non-hydrogen) atoms. The molecule has 1 amide bonds. The molecule has 0 saturated carbocycles. The van der Waals surface area contributed by atoms with Crippen molar-refractivity contribution in [3.05, 3.63) is 59.4 Å². The quantitative estimate of drug-likeness (QED) is 0.824. The molecule has 0 aliphatic carbocycles. The fourth-order valence-corrected chi connectivity index (χ4v) is 1.75. The van der Waals surface area contributed by atoms with Gasteiger partial charge in [0.15, 0.2) is 0 Å². The number of carbonyl (C=O) groups excluding carboxylic acids is 1. The molecule has 0 aliphatic rings. The second-order valence-corrected chi connectivity index (χ2v) is 4.19. The first-order valence-corrected chi connectivity index (χ1v) is 5.83. The molecule has 0 aliphatic heterocycles. The van der Waals surface area contributed by atoms with Crippen molar-refractivity contribution in [1.29, 1.82) is 5.26 Å². The number of carbonyl (C=O) groups is 1. The van der Waals surface area contributed by atoms with Gasteiger partial charge in [-0.3, -0.25) is 9.78 Å². The second kappa shape index (κ2) is 5.32. The SMILES string of the molecule is Cc1cccnc1C(=O)N(C)c1ccc(C#N)cc1. The van der Waals surface area contributed by atoms with Gasteiger partial charge in [-0.05, 0) is 42.8 Å². The van der Waals surface area contributed by atoms with Crippen molar-refractivity contribution in [2.75, 3.05) is 11.9 Å². The number of aromatic nitrogens is 1. The van der Waals surface area contributed by atoms with E-state index in [9.17, 15) is 4.79 Å². The van der Waals surface area contributed by atoms with Crippen molar-refractivity contribution >= 4 is 11.6 Å². The number of hydrogen-bond acceptors (Lipinski definition) is 3. The smallest absolute Gasteiger partial charge is 0.276 e. The highest BCUT2D eigenvalue weighted by Gasteiger charge is 2.16. The largest absolute Gasteiger partial charge is 0.310 e. The van der Waals surface area contributed by atoms with Gasteiger partial charge in [0.2, 0.25) is 0 Å². The zero-order valence-corrected chi connectivity index (χ0v) is 10.8. The molecule has 1 aromatic heterocycles. The van der Waals surface area contributed by atoms with Crippen molar-refractivity contribution in [1.82, 2.24) is 4.98 Å². The van der Waals surface area contributed by atoms with Crippen LogP contribution >= 0.6 is 0 Å². The van der Waals surface area contributed by atoms with Gasteiger partial charge in [0.25, 0.3) is 5.91 Å². The van der Waals surface area contributed by atoms with Gasteiger partial charge in [-0.1, -0.05) is 6.07 Å². The van der Waals surface area contributed by atoms with Crippen molar-refractivity contribution in [3.8, 4) is 6.07 Å². The van der Waals surface area contributed by atoms with E-state index >= 15 is 0 Å². The Hall–Kier alpha value is -2.67. The molecule has 1 heterocycles. The van der Waals surface area contributed by atoms with E-state index < -0.39 is 0 Å². The highest BCUT2D eigenvalue weighted by Crippen LogP contribution is 2.16. The third-order valence-corrected chi connectivity index (χ3v) is 2.90. The number of rotatable bonds is 2.